The van der Waals surface area contributed by atoms with Crippen LogP contribution in [0.15, 0.2) is 4.63 Å². The van der Waals surface area contributed by atoms with E-state index in [1.54, 1.807) is 6.92 Å². The second kappa shape index (κ2) is 5.22. The minimum atomic E-state index is -1.00. The van der Waals surface area contributed by atoms with Gasteiger partial charge in [-0.15, -0.1) is 0 Å². The highest BCUT2D eigenvalue weighted by molar-refractivity contribution is 5.96. The Hall–Kier alpha value is -2.16. The van der Waals surface area contributed by atoms with E-state index in [4.69, 9.17) is 15.6 Å². The Bertz CT molecular complexity index is 488. The molecule has 1 aromatic heterocycles. The number of nitrogens with two attached hydrogens (primary N) is 1. The summed E-state index contributed by atoms with van der Waals surface area (Å²) in [6, 6.07) is -0.550. The van der Waals surface area contributed by atoms with E-state index in [-0.39, 0.29) is 24.7 Å². The number of likely N-dealkylation sites (N-methyl/N-ethyl adjacent to an activating group) is 1. The normalized spacial score (nSPS) is 22.4. The lowest BCUT2D eigenvalue weighted by Crippen LogP contribution is -2.46. The van der Waals surface area contributed by atoms with E-state index in [9.17, 15) is 9.59 Å². The summed E-state index contributed by atoms with van der Waals surface area (Å²) in [5.74, 6) is -2.39. The highest BCUT2D eigenvalue weighted by Gasteiger charge is 2.40. The van der Waals surface area contributed by atoms with Gasteiger partial charge in [-0.05, 0) is 17.2 Å². The van der Waals surface area contributed by atoms with E-state index in [0.29, 0.717) is 6.54 Å². The maximum Gasteiger partial charge on any atom is 0.311 e. The second-order valence-electron chi connectivity index (χ2n) is 4.14. The standard InChI is InChI=1S/C10H14N4O5/c1-2-14(6-4-18-3-5(6)10(16)17)9(15)7-8(11)13-19-12-7/h5-6H,2-4H2,1H3,(H2,11,13)(H,16,17). The summed E-state index contributed by atoms with van der Waals surface area (Å²) in [6.45, 7) is 2.29. The van der Waals surface area contributed by atoms with Gasteiger partial charge in [-0.1, -0.05) is 0 Å². The predicted molar refractivity (Wildman–Crippen MR) is 61.2 cm³/mol. The zero-order valence-electron chi connectivity index (χ0n) is 10.3. The topological polar surface area (TPSA) is 132 Å². The Kier molecular flexibility index (Phi) is 3.65. The Morgan fingerprint density at radius 1 is 1.47 bits per heavy atom. The van der Waals surface area contributed by atoms with Crippen molar-refractivity contribution in [3.05, 3.63) is 5.69 Å². The number of nitrogens with zero attached hydrogens (tertiary/aromatic N) is 3. The number of carbonyl (C=O) groups is 2. The van der Waals surface area contributed by atoms with E-state index < -0.39 is 23.8 Å². The van der Waals surface area contributed by atoms with Crippen LogP contribution in [0, 0.1) is 5.92 Å². The number of carboxylic acids is 1. The lowest BCUT2D eigenvalue weighted by atomic mass is 10.0. The molecular formula is C10H14N4O5. The van der Waals surface area contributed by atoms with Gasteiger partial charge in [0.1, 0.15) is 5.92 Å². The molecule has 0 saturated carbocycles. The van der Waals surface area contributed by atoms with Crippen LogP contribution in [-0.4, -0.2) is 58.0 Å². The van der Waals surface area contributed by atoms with Crippen LogP contribution in [0.5, 0.6) is 0 Å². The number of amides is 1. The van der Waals surface area contributed by atoms with Crippen LogP contribution in [0.3, 0.4) is 0 Å². The third kappa shape index (κ3) is 2.36. The molecule has 2 rings (SSSR count). The minimum absolute atomic E-state index is 0.0797. The van der Waals surface area contributed by atoms with Gasteiger partial charge in [0, 0.05) is 6.54 Å². The molecule has 0 aliphatic carbocycles. The van der Waals surface area contributed by atoms with E-state index in [2.05, 4.69) is 14.9 Å². The lowest BCUT2D eigenvalue weighted by molar-refractivity contribution is -0.142. The molecule has 3 N–H and O–H groups in total. The van der Waals surface area contributed by atoms with Crippen molar-refractivity contribution >= 4 is 17.7 Å². The van der Waals surface area contributed by atoms with Crippen molar-refractivity contribution in [2.24, 2.45) is 5.92 Å². The summed E-state index contributed by atoms with van der Waals surface area (Å²) in [5, 5.41) is 15.9. The van der Waals surface area contributed by atoms with Gasteiger partial charge in [-0.25, -0.2) is 4.63 Å². The van der Waals surface area contributed by atoms with Gasteiger partial charge < -0.3 is 20.5 Å². The van der Waals surface area contributed by atoms with Crippen molar-refractivity contribution < 1.29 is 24.1 Å². The van der Waals surface area contributed by atoms with Crippen LogP contribution in [-0.2, 0) is 9.53 Å². The molecule has 0 radical (unpaired) electrons. The number of aromatic nitrogens is 2. The number of carboxylic acid groups (broad SMARTS) is 1. The molecule has 1 amide bonds. The molecule has 1 aliphatic heterocycles. The highest BCUT2D eigenvalue weighted by Crippen LogP contribution is 2.22. The molecule has 0 bridgehead atoms. The number of ether oxygens (including phenoxy) is 1. The molecule has 1 aromatic rings. The molecular weight excluding hydrogens is 256 g/mol. The SMILES string of the molecule is CCN(C(=O)c1nonc1N)C1COCC1C(=O)O. The molecule has 1 aliphatic rings. The van der Waals surface area contributed by atoms with Gasteiger partial charge in [0.15, 0.2) is 0 Å². The van der Waals surface area contributed by atoms with Crippen LogP contribution in [0.1, 0.15) is 17.4 Å². The fraction of sp³-hybridized carbons (Fsp3) is 0.600. The highest BCUT2D eigenvalue weighted by atomic mass is 16.6. The summed E-state index contributed by atoms with van der Waals surface area (Å²) in [7, 11) is 0. The Morgan fingerprint density at radius 2 is 2.21 bits per heavy atom. The van der Waals surface area contributed by atoms with Crippen molar-refractivity contribution in [2.45, 2.75) is 13.0 Å². The molecule has 2 atom stereocenters. The smallest absolute Gasteiger partial charge is 0.311 e. The van der Waals surface area contributed by atoms with Gasteiger partial charge in [0.25, 0.3) is 5.91 Å². The maximum atomic E-state index is 12.2. The van der Waals surface area contributed by atoms with Crippen LogP contribution >= 0.6 is 0 Å². The number of rotatable bonds is 4. The first-order valence-electron chi connectivity index (χ1n) is 5.75. The summed E-state index contributed by atoms with van der Waals surface area (Å²) >= 11 is 0. The quantitative estimate of drug-likeness (QED) is 0.727. The van der Waals surface area contributed by atoms with Gasteiger partial charge in [0.2, 0.25) is 11.5 Å². The molecule has 9 heteroatoms. The van der Waals surface area contributed by atoms with Crippen LogP contribution in [0.4, 0.5) is 5.82 Å². The van der Waals surface area contributed by atoms with Gasteiger partial charge in [-0.3, -0.25) is 9.59 Å². The first-order valence-corrected chi connectivity index (χ1v) is 5.75. The van der Waals surface area contributed by atoms with Gasteiger partial charge >= 0.3 is 5.97 Å². The number of aliphatic carboxylic acids is 1. The van der Waals surface area contributed by atoms with E-state index in [1.165, 1.54) is 4.90 Å². The van der Waals surface area contributed by atoms with E-state index in [1.807, 2.05) is 0 Å². The third-order valence-electron chi connectivity index (χ3n) is 3.09. The fourth-order valence-corrected chi connectivity index (χ4v) is 2.09. The average molecular weight is 270 g/mol. The summed E-state index contributed by atoms with van der Waals surface area (Å²) in [4.78, 5) is 24.7. The molecule has 2 unspecified atom stereocenters. The molecule has 19 heavy (non-hydrogen) atoms. The molecule has 2 heterocycles. The number of hydrogen-bond donors (Lipinski definition) is 2. The molecule has 0 aromatic carbocycles. The third-order valence-corrected chi connectivity index (χ3v) is 3.09. The van der Waals surface area contributed by atoms with Gasteiger partial charge in [-0.2, -0.15) is 0 Å². The number of anilines is 1. The Balaban J connectivity index is 2.23. The number of hydrogen-bond acceptors (Lipinski definition) is 7. The second-order valence-corrected chi connectivity index (χ2v) is 4.14. The van der Waals surface area contributed by atoms with Crippen LogP contribution in [0.25, 0.3) is 0 Å². The van der Waals surface area contributed by atoms with Crippen molar-refractivity contribution in [1.82, 2.24) is 15.2 Å². The monoisotopic (exact) mass is 270 g/mol. The number of carbonyl (C=O) groups excluding carboxylic acids is 1. The molecule has 9 nitrogen and oxygen atoms in total. The zero-order chi connectivity index (χ0) is 14.0. The average Bonchev–Trinajstić information content (AvgIpc) is 2.98. The van der Waals surface area contributed by atoms with Gasteiger partial charge in [0.05, 0.1) is 19.3 Å². The zero-order valence-corrected chi connectivity index (χ0v) is 10.3. The minimum Gasteiger partial charge on any atom is -0.481 e. The Labute approximate surface area is 108 Å². The molecule has 1 fully saturated rings. The molecule has 104 valence electrons. The molecule has 0 spiro atoms. The largest absolute Gasteiger partial charge is 0.481 e. The first kappa shape index (κ1) is 13.3. The van der Waals surface area contributed by atoms with Crippen LogP contribution < -0.4 is 5.73 Å². The lowest BCUT2D eigenvalue weighted by Gasteiger charge is -2.28. The van der Waals surface area contributed by atoms with Crippen LogP contribution in [0.2, 0.25) is 0 Å². The molecule has 1 saturated heterocycles. The van der Waals surface area contributed by atoms with E-state index >= 15 is 0 Å². The fourth-order valence-electron chi connectivity index (χ4n) is 2.09. The predicted octanol–water partition coefficient (Wildman–Crippen LogP) is -0.786. The van der Waals surface area contributed by atoms with E-state index in [0.717, 1.165) is 0 Å². The summed E-state index contributed by atoms with van der Waals surface area (Å²) in [5.41, 5.74) is 5.35. The maximum absolute atomic E-state index is 12.2. The summed E-state index contributed by atoms with van der Waals surface area (Å²) in [6.07, 6.45) is 0. The van der Waals surface area contributed by atoms with Crippen molar-refractivity contribution in [3.8, 4) is 0 Å². The van der Waals surface area contributed by atoms with Crippen molar-refractivity contribution in [2.75, 3.05) is 25.5 Å². The first-order chi connectivity index (χ1) is 9.06. The Morgan fingerprint density at radius 3 is 2.74 bits per heavy atom. The van der Waals surface area contributed by atoms with Crippen molar-refractivity contribution in [1.29, 1.82) is 0 Å². The summed E-state index contributed by atoms with van der Waals surface area (Å²) < 4.78 is 9.52. The number of nitrogen functional groups attached to an aromatic ring is 1. The van der Waals surface area contributed by atoms with Crippen molar-refractivity contribution in [3.63, 3.8) is 0 Å².